The van der Waals surface area contributed by atoms with Crippen molar-refractivity contribution in [2.24, 2.45) is 0 Å². The van der Waals surface area contributed by atoms with Crippen molar-refractivity contribution in [3.05, 3.63) is 12.2 Å². The Morgan fingerprint density at radius 3 is 0.292 bits per heavy atom. The van der Waals surface area contributed by atoms with E-state index in [4.69, 9.17) is 0 Å². The first-order valence-electron chi connectivity index (χ1n) is 18.4. The van der Waals surface area contributed by atoms with Gasteiger partial charge in [0.1, 0.15) is 0 Å². The molecule has 0 aromatic rings. The molecule has 0 bridgehead atoms. The van der Waals surface area contributed by atoms with Gasteiger partial charge in [-0.15, -0.1) is 0 Å². The first-order chi connectivity index (χ1) is 37.2. The Balaban J connectivity index is 8.36. The topological polar surface area (TPSA) is 0 Å². The first-order valence-corrected chi connectivity index (χ1v) is 18.4. The minimum atomic E-state index is -11.2. The molecule has 0 nitrogen and oxygen atoms in total. The molecule has 0 rings (SSSR count). The summed E-state index contributed by atoms with van der Waals surface area (Å²) in [5.41, 5.74) is 0. The second-order valence-electron chi connectivity index (χ2n) is 16.4. The minimum Gasteiger partial charge on any atom is -0.201 e. The van der Waals surface area contributed by atoms with Crippen molar-refractivity contribution in [2.75, 3.05) is 0 Å². The summed E-state index contributed by atoms with van der Waals surface area (Å²) in [5.74, 6) is -291. The van der Waals surface area contributed by atoms with Crippen LogP contribution in [0.15, 0.2) is 5.83 Å². The van der Waals surface area contributed by atoms with Crippen LogP contribution in [0.25, 0.3) is 0 Å². The molecule has 0 spiro atoms. The molecule has 59 heteroatoms. The average molecular weight is 1480 g/mol. The monoisotopic (exact) mass is 1480 g/mol. The maximum Gasteiger partial charge on any atom is 0.460 e. The van der Waals surface area contributed by atoms with Gasteiger partial charge < -0.3 is 0 Å². The van der Waals surface area contributed by atoms with Crippen LogP contribution in [0.2, 0.25) is 0 Å². The first kappa shape index (κ1) is 84.6. The molecular formula is C30F59. The highest BCUT2D eigenvalue weighted by atomic mass is 19.5. The van der Waals surface area contributed by atoms with Gasteiger partial charge in [0.2, 0.25) is 5.83 Å². The fourth-order valence-corrected chi connectivity index (χ4v) is 5.30. The van der Waals surface area contributed by atoms with Crippen LogP contribution in [-0.4, -0.2) is 166 Å². The number of halogens is 59. The number of hydrogen-bond donors (Lipinski definition) is 0. The van der Waals surface area contributed by atoms with Crippen LogP contribution >= 0.6 is 0 Å². The second-order valence-corrected chi connectivity index (χ2v) is 16.4. The molecule has 0 aliphatic carbocycles. The number of allylic oxidation sites excluding steroid dienone is 1. The maximum absolute atomic E-state index is 14.2. The average Bonchev–Trinajstić information content (AvgIpc) is 3.31. The van der Waals surface area contributed by atoms with Crippen molar-refractivity contribution < 1.29 is 259 Å². The van der Waals surface area contributed by atoms with Crippen LogP contribution in [0, 0.1) is 6.33 Å². The van der Waals surface area contributed by atoms with Crippen LogP contribution in [0.1, 0.15) is 0 Å². The zero-order chi connectivity index (χ0) is 74.3. The smallest absolute Gasteiger partial charge is 0.201 e. The molecule has 0 aromatic carbocycles. The van der Waals surface area contributed by atoms with E-state index in [0.29, 0.717) is 0 Å². The fraction of sp³-hybridized carbons (Fsp3) is 0.933. The predicted molar refractivity (Wildman–Crippen MR) is 149 cm³/mol. The van der Waals surface area contributed by atoms with Crippen molar-refractivity contribution in [1.29, 1.82) is 0 Å². The standard InChI is InChI=1S/C30F59/c31-1-2(32)3(33,34)4(35,36)5(37,38)6(39,40)7(41,42)8(43,44)9(45,46)10(47,48)11(49,50)12(51,52)13(53,54)14(55,56)15(57,58)16(59,60)17(61,62)18(63,64)19(65,66)20(67,68)21(69,70)22(71,72)23(73,74)24(75,76)25(77,78)26(79,80)27(81,82)28(83,84)29(85,86)30(87,88)89. The zero-order valence-electron chi connectivity index (χ0n) is 37.3. The van der Waals surface area contributed by atoms with Gasteiger partial charge in [-0.2, -0.15) is 250 Å². The lowest BCUT2D eigenvalue weighted by molar-refractivity contribution is -0.500. The zero-order valence-corrected chi connectivity index (χ0v) is 37.3. The SMILES string of the molecule is F/[C]=C(\F)C(F)(F)C(F)(F)C(F)(F)C(F)(F)C(F)(F)C(F)(F)C(F)(F)C(F)(F)C(F)(F)C(F)(F)C(F)(F)C(F)(F)C(F)(F)C(F)(F)C(F)(F)C(F)(F)C(F)(F)C(F)(F)C(F)(F)C(F)(F)C(F)(F)C(F)(F)C(F)(F)C(F)(F)C(F)(F)C(F)(F)C(F)(F)C(F)(F)F. The van der Waals surface area contributed by atoms with Crippen LogP contribution in [0.3, 0.4) is 0 Å². The molecule has 0 unspecified atom stereocenters. The van der Waals surface area contributed by atoms with Gasteiger partial charge in [-0.3, -0.25) is 0 Å². The van der Waals surface area contributed by atoms with Gasteiger partial charge in [-0.25, -0.2) is 8.78 Å². The molecule has 0 saturated carbocycles. The highest BCUT2D eigenvalue weighted by Crippen LogP contribution is 2.74. The van der Waals surface area contributed by atoms with Crippen LogP contribution in [0.5, 0.6) is 0 Å². The van der Waals surface area contributed by atoms with E-state index in [-0.39, 0.29) is 0 Å². The Morgan fingerprint density at radius 2 is 0.213 bits per heavy atom. The van der Waals surface area contributed by atoms with Crippen molar-refractivity contribution in [3.8, 4) is 0 Å². The van der Waals surface area contributed by atoms with Crippen molar-refractivity contribution in [3.63, 3.8) is 0 Å². The quantitative estimate of drug-likeness (QED) is 0.0719. The summed E-state index contributed by atoms with van der Waals surface area (Å²) in [7, 11) is 0. The van der Waals surface area contributed by atoms with Gasteiger partial charge >= 0.3 is 166 Å². The fourth-order valence-electron chi connectivity index (χ4n) is 5.30. The molecule has 89 heavy (non-hydrogen) atoms. The molecule has 0 N–H and O–H groups in total. The van der Waals surface area contributed by atoms with Gasteiger partial charge in [0, 0.05) is 0 Å². The third-order valence-corrected chi connectivity index (χ3v) is 11.0. The van der Waals surface area contributed by atoms with Gasteiger partial charge in [0.05, 0.1) is 0 Å². The molecular weight excluding hydrogens is 1480 g/mol. The van der Waals surface area contributed by atoms with Gasteiger partial charge in [-0.05, 0) is 0 Å². The van der Waals surface area contributed by atoms with E-state index in [0.717, 1.165) is 0 Å². The van der Waals surface area contributed by atoms with E-state index in [1.54, 1.807) is 0 Å². The van der Waals surface area contributed by atoms with Crippen LogP contribution in [0.4, 0.5) is 259 Å². The van der Waals surface area contributed by atoms with Gasteiger partial charge in [0.25, 0.3) is 0 Å². The molecule has 533 valence electrons. The highest BCUT2D eigenvalue weighted by Gasteiger charge is 3.06. The van der Waals surface area contributed by atoms with Gasteiger partial charge in [0.15, 0.2) is 6.33 Å². The second kappa shape index (κ2) is 20.3. The summed E-state index contributed by atoms with van der Waals surface area (Å²) in [6, 6.07) is 0. The molecule has 0 saturated heterocycles. The lowest BCUT2D eigenvalue weighted by Crippen LogP contribution is -2.81. The number of hydrogen-bond acceptors (Lipinski definition) is 0. The molecule has 0 atom stereocenters. The summed E-state index contributed by atoms with van der Waals surface area (Å²) < 4.78 is 812. The Morgan fingerprint density at radius 1 is 0.135 bits per heavy atom. The van der Waals surface area contributed by atoms with Crippen LogP contribution in [-0.2, 0) is 0 Å². The molecule has 1 radical (unpaired) electrons. The molecule has 0 aromatic heterocycles. The maximum atomic E-state index is 14.2. The van der Waals surface area contributed by atoms with E-state index in [1.807, 2.05) is 0 Å². The number of rotatable bonds is 27. The Hall–Kier alpha value is -4.39. The normalized spacial score (nSPS) is 17.7. The Bertz CT molecular complexity index is 2580. The number of alkyl halides is 57. The summed E-state index contributed by atoms with van der Waals surface area (Å²) in [6.07, 6.45) is -10.3. The molecule has 0 amide bonds. The highest BCUT2D eigenvalue weighted by molar-refractivity contribution is 5.26. The van der Waals surface area contributed by atoms with E-state index in [2.05, 4.69) is 0 Å². The van der Waals surface area contributed by atoms with E-state index in [9.17, 15) is 259 Å². The Kier molecular flexibility index (Phi) is 19.3. The lowest BCUT2D eigenvalue weighted by Gasteiger charge is -2.48. The minimum absolute atomic E-state index is 1.60. The molecule has 0 aliphatic rings. The van der Waals surface area contributed by atoms with Crippen molar-refractivity contribution in [2.45, 2.75) is 166 Å². The van der Waals surface area contributed by atoms with E-state index in [1.165, 1.54) is 0 Å². The Labute approximate surface area is 438 Å². The summed E-state index contributed by atoms with van der Waals surface area (Å²) >= 11 is 0. The van der Waals surface area contributed by atoms with Gasteiger partial charge in [-0.1, -0.05) is 0 Å². The summed E-state index contributed by atoms with van der Waals surface area (Å²) in [4.78, 5) is 0. The van der Waals surface area contributed by atoms with Crippen molar-refractivity contribution >= 4 is 0 Å². The molecule has 0 aliphatic heterocycles. The largest absolute Gasteiger partial charge is 0.460 e. The third kappa shape index (κ3) is 9.16. The summed E-state index contributed by atoms with van der Waals surface area (Å²) in [6.45, 7) is 0. The predicted octanol–water partition coefficient (Wildman–Crippen LogP) is 19.3. The van der Waals surface area contributed by atoms with E-state index >= 15 is 0 Å². The molecule has 0 fully saturated rings. The molecule has 0 heterocycles. The van der Waals surface area contributed by atoms with E-state index < -0.39 is 178 Å². The lowest BCUT2D eigenvalue weighted by atomic mass is 9.81. The summed E-state index contributed by atoms with van der Waals surface area (Å²) in [5, 5.41) is 0. The van der Waals surface area contributed by atoms with Crippen LogP contribution < -0.4 is 0 Å². The van der Waals surface area contributed by atoms with Crippen molar-refractivity contribution in [1.82, 2.24) is 0 Å². The third-order valence-electron chi connectivity index (χ3n) is 11.0.